The number of rotatable bonds is 3. The van der Waals surface area contributed by atoms with Crippen LogP contribution in [-0.2, 0) is 37.9 Å². The van der Waals surface area contributed by atoms with Gasteiger partial charge in [0.05, 0.1) is 51.8 Å². The maximum atomic E-state index is 5.93. The van der Waals surface area contributed by atoms with Crippen LogP contribution in [-0.4, -0.2) is 64.2 Å². The van der Waals surface area contributed by atoms with E-state index in [4.69, 9.17) is 37.9 Å². The summed E-state index contributed by atoms with van der Waals surface area (Å²) < 4.78 is 45.2. The van der Waals surface area contributed by atoms with Gasteiger partial charge in [0.15, 0.2) is 0 Å². The fraction of sp³-hybridized carbons (Fsp3) is 1.00. The Morgan fingerprint density at radius 1 is 0.542 bits per heavy atom. The van der Waals surface area contributed by atoms with Crippen LogP contribution in [0.15, 0.2) is 0 Å². The van der Waals surface area contributed by atoms with E-state index in [1.54, 1.807) is 0 Å². The molecule has 4 fully saturated rings. The maximum Gasteiger partial charge on any atom is 0.412 e. The van der Waals surface area contributed by atoms with Crippen LogP contribution in [0, 0.1) is 0 Å². The van der Waals surface area contributed by atoms with Gasteiger partial charge in [0, 0.05) is 0 Å². The van der Waals surface area contributed by atoms with Crippen molar-refractivity contribution in [3.05, 3.63) is 0 Å². The van der Waals surface area contributed by atoms with E-state index >= 15 is 0 Å². The summed E-state index contributed by atoms with van der Waals surface area (Å²) in [5.74, 6) is 0. The Labute approximate surface area is 141 Å². The van der Waals surface area contributed by atoms with Gasteiger partial charge < -0.3 is 28.4 Å². The van der Waals surface area contributed by atoms with Crippen molar-refractivity contribution in [2.24, 2.45) is 0 Å². The van der Waals surface area contributed by atoms with E-state index in [1.165, 1.54) is 0 Å². The molecule has 4 rings (SSSR count). The minimum Gasteiger partial charge on any atom is -0.303 e. The lowest BCUT2D eigenvalue weighted by Gasteiger charge is -2.42. The highest BCUT2D eigenvalue weighted by Crippen LogP contribution is 2.33. The molecule has 4 aliphatic rings. The van der Waals surface area contributed by atoms with Crippen molar-refractivity contribution in [3.8, 4) is 0 Å². The van der Waals surface area contributed by atoms with Crippen molar-refractivity contribution in [3.63, 3.8) is 0 Å². The van der Waals surface area contributed by atoms with Crippen molar-refractivity contribution in [1.29, 1.82) is 0 Å². The number of hydrogen-bond acceptors (Lipinski definition) is 8. The van der Waals surface area contributed by atoms with E-state index < -0.39 is 12.3 Å². The van der Waals surface area contributed by atoms with Crippen LogP contribution in [0.5, 0.6) is 0 Å². The molecule has 2 spiro atoms. The third-order valence-electron chi connectivity index (χ3n) is 4.56. The Morgan fingerprint density at radius 2 is 0.917 bits per heavy atom. The van der Waals surface area contributed by atoms with Gasteiger partial charge in [-0.25, -0.2) is 0 Å². The van der Waals surface area contributed by atoms with Gasteiger partial charge in [0.1, 0.15) is 0 Å². The van der Waals surface area contributed by atoms with Crippen LogP contribution in [0.3, 0.4) is 0 Å². The van der Waals surface area contributed by atoms with Crippen molar-refractivity contribution in [2.75, 3.05) is 39.6 Å². The van der Waals surface area contributed by atoms with Crippen LogP contribution in [0.4, 0.5) is 0 Å². The largest absolute Gasteiger partial charge is 0.412 e. The summed E-state index contributed by atoms with van der Waals surface area (Å²) in [4.78, 5) is 0. The molecule has 8 heteroatoms. The van der Waals surface area contributed by atoms with Crippen LogP contribution >= 0.6 is 0 Å². The Morgan fingerprint density at radius 3 is 1.33 bits per heavy atom. The molecule has 24 heavy (non-hydrogen) atoms. The molecule has 0 bridgehead atoms. The fourth-order valence-electron chi connectivity index (χ4n) is 3.30. The molecule has 0 N–H and O–H groups in total. The lowest BCUT2D eigenvalue weighted by molar-refractivity contribution is -0.539. The highest BCUT2D eigenvalue weighted by atomic mass is 17.0. The first-order valence-corrected chi connectivity index (χ1v) is 8.97. The molecule has 0 aromatic rings. The first kappa shape index (κ1) is 17.1. The van der Waals surface area contributed by atoms with E-state index in [9.17, 15) is 0 Å². The monoisotopic (exact) mass is 346 g/mol. The van der Waals surface area contributed by atoms with Crippen LogP contribution in [0.25, 0.3) is 0 Å². The Hall–Kier alpha value is -0.320. The van der Waals surface area contributed by atoms with Crippen molar-refractivity contribution in [1.82, 2.24) is 0 Å². The van der Waals surface area contributed by atoms with Gasteiger partial charge in [0.2, 0.25) is 0 Å². The zero-order valence-electron chi connectivity index (χ0n) is 13.9. The van der Waals surface area contributed by atoms with E-state index in [0.717, 1.165) is 38.5 Å². The third kappa shape index (κ3) is 3.91. The van der Waals surface area contributed by atoms with Crippen molar-refractivity contribution in [2.45, 2.75) is 63.1 Å². The highest BCUT2D eigenvalue weighted by molar-refractivity contribution is 4.72. The molecule has 0 radical (unpaired) electrons. The molecule has 4 heterocycles. The summed E-state index contributed by atoms with van der Waals surface area (Å²) in [5, 5.41) is 0. The fourth-order valence-corrected chi connectivity index (χ4v) is 3.30. The predicted molar refractivity (Wildman–Crippen MR) is 78.6 cm³/mol. The molecule has 0 saturated carbocycles. The Kier molecular flexibility index (Phi) is 5.35. The second-order valence-corrected chi connectivity index (χ2v) is 6.43. The van der Waals surface area contributed by atoms with Crippen molar-refractivity contribution >= 4 is 0 Å². The molecular formula is C16H26O8. The van der Waals surface area contributed by atoms with Gasteiger partial charge in [0.25, 0.3) is 0 Å². The average Bonchev–Trinajstić information content (AvgIpc) is 2.62. The van der Waals surface area contributed by atoms with Gasteiger partial charge >= 0.3 is 12.3 Å². The quantitative estimate of drug-likeness (QED) is 0.761. The standard InChI is InChI=1S/C16H26O8/c1-7-17-15(18-8-1)21-11-5-13(23-15)3-4-14-6-12-22-16(24-14)19-9-2-10-20-16/h13-14H,1-12H2. The first-order valence-electron chi connectivity index (χ1n) is 8.97. The predicted octanol–water partition coefficient (Wildman–Crippen LogP) is 1.47. The van der Waals surface area contributed by atoms with E-state index in [0.29, 0.717) is 39.6 Å². The number of hydrogen-bond donors (Lipinski definition) is 0. The zero-order valence-corrected chi connectivity index (χ0v) is 13.9. The third-order valence-corrected chi connectivity index (χ3v) is 4.56. The second-order valence-electron chi connectivity index (χ2n) is 6.43. The van der Waals surface area contributed by atoms with Crippen LogP contribution in [0.1, 0.15) is 38.5 Å². The lowest BCUT2D eigenvalue weighted by Crippen LogP contribution is -2.52. The van der Waals surface area contributed by atoms with E-state index in [1.807, 2.05) is 0 Å². The Bertz CT molecular complexity index is 356. The maximum absolute atomic E-state index is 5.93. The molecular weight excluding hydrogens is 320 g/mol. The molecule has 2 unspecified atom stereocenters. The van der Waals surface area contributed by atoms with Crippen molar-refractivity contribution < 1.29 is 37.9 Å². The summed E-state index contributed by atoms with van der Waals surface area (Å²) in [5.41, 5.74) is 0. The molecule has 0 amide bonds. The normalized spacial score (nSPS) is 36.0. The first-order chi connectivity index (χ1) is 11.8. The summed E-state index contributed by atoms with van der Waals surface area (Å²) in [6.45, 7) is 3.49. The second kappa shape index (κ2) is 7.51. The molecule has 0 aliphatic carbocycles. The summed E-state index contributed by atoms with van der Waals surface area (Å²) in [7, 11) is 0. The van der Waals surface area contributed by atoms with Gasteiger partial charge in [-0.3, -0.25) is 9.47 Å². The van der Waals surface area contributed by atoms with Crippen LogP contribution < -0.4 is 0 Å². The Balaban J connectivity index is 1.27. The molecule has 8 nitrogen and oxygen atoms in total. The minimum atomic E-state index is -1.30. The molecule has 138 valence electrons. The van der Waals surface area contributed by atoms with Gasteiger partial charge in [-0.1, -0.05) is 0 Å². The molecule has 2 atom stereocenters. The van der Waals surface area contributed by atoms with E-state index in [-0.39, 0.29) is 12.2 Å². The topological polar surface area (TPSA) is 73.8 Å². The summed E-state index contributed by atoms with van der Waals surface area (Å²) in [6, 6.07) is 0. The lowest BCUT2D eigenvalue weighted by atomic mass is 10.0. The average molecular weight is 346 g/mol. The van der Waals surface area contributed by atoms with Gasteiger partial charge in [-0.15, -0.1) is 0 Å². The summed E-state index contributed by atoms with van der Waals surface area (Å²) >= 11 is 0. The van der Waals surface area contributed by atoms with Gasteiger partial charge in [-0.05, 0) is 38.5 Å². The molecule has 0 aromatic heterocycles. The minimum absolute atomic E-state index is 0.0208. The van der Waals surface area contributed by atoms with Crippen LogP contribution in [0.2, 0.25) is 0 Å². The number of ether oxygens (including phenoxy) is 8. The summed E-state index contributed by atoms with van der Waals surface area (Å²) in [6.07, 6.45) is 2.46. The zero-order chi connectivity index (χ0) is 16.3. The highest BCUT2D eigenvalue weighted by Gasteiger charge is 2.46. The molecule has 4 saturated heterocycles. The SMILES string of the molecule is C1COC2(OC1)OCCC(CCC1CCOC3(OCCCO3)O1)O2. The van der Waals surface area contributed by atoms with Gasteiger partial charge in [-0.2, -0.15) is 0 Å². The molecule has 4 aliphatic heterocycles. The molecule has 0 aromatic carbocycles. The van der Waals surface area contributed by atoms with E-state index in [2.05, 4.69) is 0 Å². The smallest absolute Gasteiger partial charge is 0.303 e.